The third-order valence-corrected chi connectivity index (χ3v) is 2.62. The first kappa shape index (κ1) is 9.98. The molecule has 0 amide bonds. The zero-order valence-electron chi connectivity index (χ0n) is 7.52. The fourth-order valence-corrected chi connectivity index (χ4v) is 1.94. The van der Waals surface area contributed by atoms with E-state index in [-0.39, 0.29) is 12.0 Å². The molecule has 0 aromatic heterocycles. The van der Waals surface area contributed by atoms with Gasteiger partial charge in [-0.15, -0.1) is 0 Å². The molecular formula is C8H13NO4. The fraction of sp³-hybridized carbons (Fsp3) is 0.750. The van der Waals surface area contributed by atoms with Gasteiger partial charge in [0, 0.05) is 6.04 Å². The molecule has 0 saturated carbocycles. The van der Waals surface area contributed by atoms with Gasteiger partial charge < -0.3 is 15.5 Å². The zero-order valence-corrected chi connectivity index (χ0v) is 7.52. The van der Waals surface area contributed by atoms with Crippen molar-refractivity contribution in [3.8, 4) is 0 Å². The van der Waals surface area contributed by atoms with Crippen LogP contribution in [-0.4, -0.2) is 34.2 Å². The lowest BCUT2D eigenvalue weighted by Crippen LogP contribution is -2.36. The van der Waals surface area contributed by atoms with Crippen LogP contribution in [0.3, 0.4) is 0 Å². The second-order valence-electron chi connectivity index (χ2n) is 3.49. The quantitative estimate of drug-likeness (QED) is 0.555. The summed E-state index contributed by atoms with van der Waals surface area (Å²) in [5.74, 6) is -2.90. The summed E-state index contributed by atoms with van der Waals surface area (Å²) in [5.41, 5.74) is 0. The van der Waals surface area contributed by atoms with E-state index in [1.807, 2.05) is 0 Å². The molecular weight excluding hydrogens is 174 g/mol. The third kappa shape index (κ3) is 1.65. The molecule has 1 saturated heterocycles. The number of aliphatic carboxylic acids is 2. The highest BCUT2D eigenvalue weighted by molar-refractivity contribution is 5.79. The highest BCUT2D eigenvalue weighted by Crippen LogP contribution is 2.27. The van der Waals surface area contributed by atoms with Gasteiger partial charge in [0.15, 0.2) is 0 Å². The van der Waals surface area contributed by atoms with Gasteiger partial charge in [0.25, 0.3) is 0 Å². The molecule has 0 bridgehead atoms. The van der Waals surface area contributed by atoms with E-state index in [9.17, 15) is 9.59 Å². The molecule has 1 fully saturated rings. The first-order chi connectivity index (χ1) is 5.95. The molecule has 1 aliphatic rings. The third-order valence-electron chi connectivity index (χ3n) is 2.62. The Morgan fingerprint density at radius 2 is 1.69 bits per heavy atom. The minimum Gasteiger partial charge on any atom is -0.481 e. The molecule has 0 radical (unpaired) electrons. The average molecular weight is 187 g/mol. The average Bonchev–Trinajstić information content (AvgIpc) is 2.26. The number of nitrogens with one attached hydrogen (secondary N) is 1. The Labute approximate surface area is 75.7 Å². The van der Waals surface area contributed by atoms with E-state index >= 15 is 0 Å². The summed E-state index contributed by atoms with van der Waals surface area (Å²) < 4.78 is 0. The van der Waals surface area contributed by atoms with E-state index in [1.54, 1.807) is 13.8 Å². The van der Waals surface area contributed by atoms with Gasteiger partial charge in [-0.2, -0.15) is 0 Å². The fourth-order valence-electron chi connectivity index (χ4n) is 1.94. The Kier molecular flexibility index (Phi) is 2.56. The minimum atomic E-state index is -0.983. The predicted octanol–water partition coefficient (Wildman–Crippen LogP) is -0.232. The summed E-state index contributed by atoms with van der Waals surface area (Å²) in [6.07, 6.45) is 0. The number of carbonyl (C=O) groups is 2. The van der Waals surface area contributed by atoms with Crippen molar-refractivity contribution in [1.29, 1.82) is 0 Å². The van der Waals surface area contributed by atoms with Crippen LogP contribution in [0.25, 0.3) is 0 Å². The predicted molar refractivity (Wildman–Crippen MR) is 44.3 cm³/mol. The van der Waals surface area contributed by atoms with Crippen molar-refractivity contribution in [2.45, 2.75) is 25.9 Å². The number of hydrogen-bond acceptors (Lipinski definition) is 3. The lowest BCUT2D eigenvalue weighted by Gasteiger charge is -2.13. The van der Waals surface area contributed by atoms with Crippen LogP contribution >= 0.6 is 0 Å². The summed E-state index contributed by atoms with van der Waals surface area (Å²) in [6, 6.07) is -1.02. The van der Waals surface area contributed by atoms with Gasteiger partial charge in [0.1, 0.15) is 6.04 Å². The van der Waals surface area contributed by atoms with Crippen molar-refractivity contribution in [2.24, 2.45) is 11.8 Å². The molecule has 0 spiro atoms. The van der Waals surface area contributed by atoms with Crippen LogP contribution in [0, 0.1) is 11.8 Å². The maximum absolute atomic E-state index is 10.8. The van der Waals surface area contributed by atoms with Gasteiger partial charge >= 0.3 is 11.9 Å². The van der Waals surface area contributed by atoms with Gasteiger partial charge in [0.05, 0.1) is 5.92 Å². The van der Waals surface area contributed by atoms with Crippen LogP contribution in [0.1, 0.15) is 13.8 Å². The van der Waals surface area contributed by atoms with Crippen LogP contribution in [0.15, 0.2) is 0 Å². The normalized spacial score (nSPS) is 38.9. The molecule has 4 atom stereocenters. The number of hydrogen-bond donors (Lipinski definition) is 3. The van der Waals surface area contributed by atoms with E-state index in [4.69, 9.17) is 10.2 Å². The summed E-state index contributed by atoms with van der Waals surface area (Å²) in [6.45, 7) is 3.34. The molecule has 3 N–H and O–H groups in total. The molecule has 0 aliphatic carbocycles. The standard InChI is InChI=1S/C8H13NO4/c1-3-5(7(10)11)4(2)9-6(3)8(12)13/h3-6,9H,1-2H3,(H,10,11)(H,12,13)/t3-,4+,5-,6-/m0/s1. The van der Waals surface area contributed by atoms with Crippen molar-refractivity contribution in [1.82, 2.24) is 5.32 Å². The molecule has 5 heteroatoms. The molecule has 0 aromatic carbocycles. The Morgan fingerprint density at radius 1 is 1.15 bits per heavy atom. The Bertz CT molecular complexity index is 240. The van der Waals surface area contributed by atoms with Gasteiger partial charge in [-0.1, -0.05) is 6.92 Å². The van der Waals surface area contributed by atoms with Crippen molar-refractivity contribution in [2.75, 3.05) is 0 Å². The largest absolute Gasteiger partial charge is 0.481 e. The molecule has 1 aliphatic heterocycles. The summed E-state index contributed by atoms with van der Waals surface area (Å²) >= 11 is 0. The number of rotatable bonds is 2. The smallest absolute Gasteiger partial charge is 0.321 e. The van der Waals surface area contributed by atoms with Crippen molar-refractivity contribution < 1.29 is 19.8 Å². The van der Waals surface area contributed by atoms with E-state index in [0.717, 1.165) is 0 Å². The first-order valence-electron chi connectivity index (χ1n) is 4.16. The maximum atomic E-state index is 10.8. The summed E-state index contributed by atoms with van der Waals surface area (Å²) in [5, 5.41) is 20.3. The SMILES string of the molecule is C[C@H]1[C@H](C(=O)O)[C@@H](C)N[C@@H]1C(=O)O. The topological polar surface area (TPSA) is 86.6 Å². The molecule has 13 heavy (non-hydrogen) atoms. The molecule has 0 aromatic rings. The lowest BCUT2D eigenvalue weighted by molar-refractivity contribution is -0.144. The molecule has 1 heterocycles. The van der Waals surface area contributed by atoms with E-state index in [2.05, 4.69) is 5.32 Å². The van der Waals surface area contributed by atoms with Gasteiger partial charge in [-0.3, -0.25) is 9.59 Å². The molecule has 1 rings (SSSR count). The number of carboxylic acid groups (broad SMARTS) is 2. The lowest BCUT2D eigenvalue weighted by atomic mass is 9.89. The monoisotopic (exact) mass is 187 g/mol. The Hall–Kier alpha value is -1.10. The minimum absolute atomic E-state index is 0.284. The first-order valence-corrected chi connectivity index (χ1v) is 4.16. The van der Waals surface area contributed by atoms with Gasteiger partial charge in [0.2, 0.25) is 0 Å². The molecule has 0 unspecified atom stereocenters. The molecule has 5 nitrogen and oxygen atoms in total. The van der Waals surface area contributed by atoms with Gasteiger partial charge in [-0.05, 0) is 12.8 Å². The van der Waals surface area contributed by atoms with Crippen LogP contribution in [-0.2, 0) is 9.59 Å². The summed E-state index contributed by atoms with van der Waals surface area (Å²) in [4.78, 5) is 21.4. The van der Waals surface area contributed by atoms with Crippen molar-refractivity contribution >= 4 is 11.9 Å². The van der Waals surface area contributed by atoms with Crippen LogP contribution in [0.2, 0.25) is 0 Å². The maximum Gasteiger partial charge on any atom is 0.321 e. The molecule has 74 valence electrons. The van der Waals surface area contributed by atoms with Crippen molar-refractivity contribution in [3.05, 3.63) is 0 Å². The number of carboxylic acids is 2. The highest BCUT2D eigenvalue weighted by Gasteiger charge is 2.45. The second-order valence-corrected chi connectivity index (χ2v) is 3.49. The van der Waals surface area contributed by atoms with E-state index in [1.165, 1.54) is 0 Å². The van der Waals surface area contributed by atoms with Crippen LogP contribution in [0.4, 0.5) is 0 Å². The van der Waals surface area contributed by atoms with Gasteiger partial charge in [-0.25, -0.2) is 0 Å². The highest BCUT2D eigenvalue weighted by atomic mass is 16.4. The van der Waals surface area contributed by atoms with E-state index in [0.29, 0.717) is 0 Å². The Balaban J connectivity index is 2.81. The van der Waals surface area contributed by atoms with E-state index < -0.39 is 23.9 Å². The van der Waals surface area contributed by atoms with Crippen LogP contribution < -0.4 is 5.32 Å². The van der Waals surface area contributed by atoms with Crippen molar-refractivity contribution in [3.63, 3.8) is 0 Å². The summed E-state index contributed by atoms with van der Waals surface area (Å²) in [7, 11) is 0. The van der Waals surface area contributed by atoms with Crippen LogP contribution in [0.5, 0.6) is 0 Å². The zero-order chi connectivity index (χ0) is 10.2. The second kappa shape index (κ2) is 3.33. The Morgan fingerprint density at radius 3 is 1.92 bits per heavy atom.